The summed E-state index contributed by atoms with van der Waals surface area (Å²) in [5.41, 5.74) is 1.38. The van der Waals surface area contributed by atoms with Crippen LogP contribution in [0.4, 0.5) is 0 Å². The number of hydrogen-bond acceptors (Lipinski definition) is 4. The molecule has 2 aromatic rings. The third-order valence-corrected chi connectivity index (χ3v) is 3.53. The van der Waals surface area contributed by atoms with Crippen molar-refractivity contribution in [2.75, 3.05) is 21.3 Å². The minimum atomic E-state index is -0.809. The first kappa shape index (κ1) is 15.5. The highest BCUT2D eigenvalue weighted by Gasteiger charge is 2.15. The first-order valence-electron chi connectivity index (χ1n) is 6.34. The van der Waals surface area contributed by atoms with Gasteiger partial charge >= 0.3 is 0 Å². The fourth-order valence-electron chi connectivity index (χ4n) is 2.06. The van der Waals surface area contributed by atoms with Crippen LogP contribution in [0.3, 0.4) is 0 Å². The molecule has 0 saturated heterocycles. The predicted molar refractivity (Wildman–Crippen MR) is 81.6 cm³/mol. The molecule has 5 heteroatoms. The van der Waals surface area contributed by atoms with E-state index >= 15 is 0 Å². The SMILES string of the molecule is COc1cc(C(O)c2ccc(OC)c(OC)c2)ccc1Cl. The second-order valence-corrected chi connectivity index (χ2v) is 4.82. The largest absolute Gasteiger partial charge is 0.495 e. The molecule has 1 atom stereocenters. The Bertz CT molecular complexity index is 628. The quantitative estimate of drug-likeness (QED) is 0.919. The molecular weight excluding hydrogens is 292 g/mol. The Hall–Kier alpha value is -1.91. The number of aliphatic hydroxyl groups excluding tert-OH is 1. The summed E-state index contributed by atoms with van der Waals surface area (Å²) in [4.78, 5) is 0. The molecule has 0 aliphatic heterocycles. The van der Waals surface area contributed by atoms with Gasteiger partial charge in [0.2, 0.25) is 0 Å². The van der Waals surface area contributed by atoms with E-state index < -0.39 is 6.10 Å². The summed E-state index contributed by atoms with van der Waals surface area (Å²) in [7, 11) is 4.66. The molecule has 1 N–H and O–H groups in total. The molecule has 0 bridgehead atoms. The lowest BCUT2D eigenvalue weighted by Crippen LogP contribution is -2.01. The van der Waals surface area contributed by atoms with Gasteiger partial charge in [0.25, 0.3) is 0 Å². The van der Waals surface area contributed by atoms with Crippen LogP contribution < -0.4 is 14.2 Å². The third kappa shape index (κ3) is 3.23. The lowest BCUT2D eigenvalue weighted by atomic mass is 10.0. The Morgan fingerprint density at radius 2 is 1.33 bits per heavy atom. The van der Waals surface area contributed by atoms with Gasteiger partial charge in [-0.1, -0.05) is 23.7 Å². The Kier molecular flexibility index (Phi) is 4.94. The Balaban J connectivity index is 2.37. The van der Waals surface area contributed by atoms with Crippen LogP contribution in [-0.2, 0) is 0 Å². The van der Waals surface area contributed by atoms with Crippen molar-refractivity contribution >= 4 is 11.6 Å². The van der Waals surface area contributed by atoms with Crippen LogP contribution in [0, 0.1) is 0 Å². The van der Waals surface area contributed by atoms with Gasteiger partial charge in [-0.3, -0.25) is 0 Å². The normalized spacial score (nSPS) is 11.9. The molecule has 0 aromatic heterocycles. The summed E-state index contributed by atoms with van der Waals surface area (Å²) in [5, 5.41) is 11.0. The van der Waals surface area contributed by atoms with E-state index in [4.69, 9.17) is 25.8 Å². The Labute approximate surface area is 128 Å². The number of ether oxygens (including phenoxy) is 3. The van der Waals surface area contributed by atoms with Crippen LogP contribution in [0.5, 0.6) is 17.2 Å². The molecule has 2 aromatic carbocycles. The van der Waals surface area contributed by atoms with Gasteiger partial charge in [0.1, 0.15) is 11.9 Å². The maximum atomic E-state index is 10.5. The fourth-order valence-corrected chi connectivity index (χ4v) is 2.26. The molecule has 0 saturated carbocycles. The summed E-state index contributed by atoms with van der Waals surface area (Å²) < 4.78 is 15.6. The van der Waals surface area contributed by atoms with Gasteiger partial charge in [-0.15, -0.1) is 0 Å². The Morgan fingerprint density at radius 3 is 1.90 bits per heavy atom. The summed E-state index contributed by atoms with van der Waals surface area (Å²) >= 11 is 5.99. The molecule has 0 aliphatic carbocycles. The lowest BCUT2D eigenvalue weighted by Gasteiger charge is -2.15. The number of hydrogen-bond donors (Lipinski definition) is 1. The highest BCUT2D eigenvalue weighted by Crippen LogP contribution is 2.34. The maximum Gasteiger partial charge on any atom is 0.161 e. The van der Waals surface area contributed by atoms with Crippen LogP contribution in [0.2, 0.25) is 5.02 Å². The molecule has 0 fully saturated rings. The molecule has 112 valence electrons. The molecule has 1 unspecified atom stereocenters. The van der Waals surface area contributed by atoms with Gasteiger partial charge in [0.15, 0.2) is 11.5 Å². The second-order valence-electron chi connectivity index (χ2n) is 4.41. The van der Waals surface area contributed by atoms with Gasteiger partial charge < -0.3 is 19.3 Å². The van der Waals surface area contributed by atoms with E-state index in [0.717, 1.165) is 0 Å². The van der Waals surface area contributed by atoms with Crippen LogP contribution in [0.15, 0.2) is 36.4 Å². The zero-order valence-electron chi connectivity index (χ0n) is 12.1. The van der Waals surface area contributed by atoms with E-state index in [1.807, 2.05) is 0 Å². The standard InChI is InChI=1S/C16H17ClO4/c1-19-13-7-5-11(9-15(13)21-3)16(18)10-4-6-12(17)14(8-10)20-2/h4-9,16,18H,1-3H3. The number of benzene rings is 2. The molecule has 21 heavy (non-hydrogen) atoms. The third-order valence-electron chi connectivity index (χ3n) is 3.21. The topological polar surface area (TPSA) is 47.9 Å². The summed E-state index contributed by atoms with van der Waals surface area (Å²) in [6.45, 7) is 0. The molecule has 4 nitrogen and oxygen atoms in total. The van der Waals surface area contributed by atoms with Gasteiger partial charge in [-0.05, 0) is 35.4 Å². The second kappa shape index (κ2) is 6.70. The first-order chi connectivity index (χ1) is 10.1. The molecule has 0 heterocycles. The van der Waals surface area contributed by atoms with Gasteiger partial charge in [-0.25, -0.2) is 0 Å². The van der Waals surface area contributed by atoms with Crippen molar-refractivity contribution < 1.29 is 19.3 Å². The van der Waals surface area contributed by atoms with Crippen molar-refractivity contribution in [1.82, 2.24) is 0 Å². The minimum Gasteiger partial charge on any atom is -0.495 e. The van der Waals surface area contributed by atoms with Crippen LogP contribution >= 0.6 is 11.6 Å². The lowest BCUT2D eigenvalue weighted by molar-refractivity contribution is 0.219. The van der Waals surface area contributed by atoms with E-state index in [-0.39, 0.29) is 0 Å². The average molecular weight is 309 g/mol. The van der Waals surface area contributed by atoms with Crippen LogP contribution in [0.1, 0.15) is 17.2 Å². The van der Waals surface area contributed by atoms with E-state index in [0.29, 0.717) is 33.4 Å². The maximum absolute atomic E-state index is 10.5. The monoisotopic (exact) mass is 308 g/mol. The van der Waals surface area contributed by atoms with E-state index in [2.05, 4.69) is 0 Å². The molecular formula is C16H17ClO4. The smallest absolute Gasteiger partial charge is 0.161 e. The zero-order valence-corrected chi connectivity index (χ0v) is 12.8. The summed E-state index contributed by atoms with van der Waals surface area (Å²) in [6.07, 6.45) is -0.809. The van der Waals surface area contributed by atoms with E-state index in [9.17, 15) is 5.11 Å². The van der Waals surface area contributed by atoms with Crippen molar-refractivity contribution in [3.05, 3.63) is 52.5 Å². The van der Waals surface area contributed by atoms with Gasteiger partial charge in [0.05, 0.1) is 26.4 Å². The fraction of sp³-hybridized carbons (Fsp3) is 0.250. The van der Waals surface area contributed by atoms with Crippen molar-refractivity contribution in [3.8, 4) is 17.2 Å². The number of methoxy groups -OCH3 is 3. The van der Waals surface area contributed by atoms with Crippen LogP contribution in [0.25, 0.3) is 0 Å². The first-order valence-corrected chi connectivity index (χ1v) is 6.72. The van der Waals surface area contributed by atoms with Crippen LogP contribution in [-0.4, -0.2) is 26.4 Å². The zero-order chi connectivity index (χ0) is 15.4. The van der Waals surface area contributed by atoms with E-state index in [1.165, 1.54) is 7.11 Å². The molecule has 0 aliphatic rings. The van der Waals surface area contributed by atoms with Crippen molar-refractivity contribution in [2.24, 2.45) is 0 Å². The summed E-state index contributed by atoms with van der Waals surface area (Å²) in [5.74, 6) is 1.70. The molecule has 2 rings (SSSR count). The highest BCUT2D eigenvalue weighted by atomic mass is 35.5. The Morgan fingerprint density at radius 1 is 0.810 bits per heavy atom. The number of rotatable bonds is 5. The van der Waals surface area contributed by atoms with E-state index in [1.54, 1.807) is 50.6 Å². The van der Waals surface area contributed by atoms with Gasteiger partial charge in [0, 0.05) is 0 Å². The average Bonchev–Trinajstić information content (AvgIpc) is 2.53. The van der Waals surface area contributed by atoms with Crippen molar-refractivity contribution in [1.29, 1.82) is 0 Å². The molecule has 0 amide bonds. The van der Waals surface area contributed by atoms with Crippen molar-refractivity contribution in [3.63, 3.8) is 0 Å². The van der Waals surface area contributed by atoms with Crippen molar-refractivity contribution in [2.45, 2.75) is 6.10 Å². The number of halogens is 1. The highest BCUT2D eigenvalue weighted by molar-refractivity contribution is 6.32. The van der Waals surface area contributed by atoms with Gasteiger partial charge in [-0.2, -0.15) is 0 Å². The minimum absolute atomic E-state index is 0.501. The predicted octanol–water partition coefficient (Wildman–Crippen LogP) is 3.45. The molecule has 0 radical (unpaired) electrons. The number of aliphatic hydroxyl groups is 1. The molecule has 0 spiro atoms. The summed E-state index contributed by atoms with van der Waals surface area (Å²) in [6, 6.07) is 10.4.